The predicted molar refractivity (Wildman–Crippen MR) is 98.1 cm³/mol. The summed E-state index contributed by atoms with van der Waals surface area (Å²) in [5, 5.41) is 25.0. The van der Waals surface area contributed by atoms with E-state index >= 15 is 0 Å². The quantitative estimate of drug-likeness (QED) is 0.683. The maximum absolute atomic E-state index is 12.6. The summed E-state index contributed by atoms with van der Waals surface area (Å²) in [6, 6.07) is 7.40. The van der Waals surface area contributed by atoms with Gasteiger partial charge in [0.25, 0.3) is 5.89 Å². The summed E-state index contributed by atoms with van der Waals surface area (Å²) < 4.78 is 4.84. The number of likely N-dealkylation sites (tertiary alicyclic amines) is 1. The zero-order valence-corrected chi connectivity index (χ0v) is 15.3. The summed E-state index contributed by atoms with van der Waals surface area (Å²) >= 11 is 0. The zero-order valence-electron chi connectivity index (χ0n) is 15.3. The second kappa shape index (κ2) is 9.36. The van der Waals surface area contributed by atoms with Crippen molar-refractivity contribution in [3.05, 3.63) is 41.5 Å². The number of hydrogen-bond donors (Lipinski definition) is 3. The number of aliphatic hydroxyl groups excluding tert-OH is 1. The van der Waals surface area contributed by atoms with Crippen LogP contribution in [0.4, 0.5) is 4.79 Å². The van der Waals surface area contributed by atoms with E-state index in [-0.39, 0.29) is 30.3 Å². The highest BCUT2D eigenvalue weighted by Gasteiger charge is 2.26. The van der Waals surface area contributed by atoms with Crippen molar-refractivity contribution in [1.29, 1.82) is 0 Å². The molecule has 2 aromatic rings. The molecule has 1 aromatic carbocycles. The molecule has 8 heteroatoms. The van der Waals surface area contributed by atoms with Crippen LogP contribution < -0.4 is 5.32 Å². The van der Waals surface area contributed by atoms with Gasteiger partial charge in [0.15, 0.2) is 5.82 Å². The number of nitrogens with zero attached hydrogens (tertiary/aromatic N) is 3. The number of carbonyl (C=O) groups excluding carboxylic acids is 1. The van der Waals surface area contributed by atoms with Crippen LogP contribution in [0.2, 0.25) is 0 Å². The molecule has 27 heavy (non-hydrogen) atoms. The summed E-state index contributed by atoms with van der Waals surface area (Å²) in [4.78, 5) is 18.5. The summed E-state index contributed by atoms with van der Waals surface area (Å²) in [5.41, 5.74) is 1.16. The van der Waals surface area contributed by atoms with Crippen molar-refractivity contribution in [2.45, 2.75) is 51.2 Å². The van der Waals surface area contributed by atoms with Gasteiger partial charge in [-0.15, -0.1) is 0 Å². The number of nitrogens with one attached hydrogen (secondary N) is 1. The lowest BCUT2D eigenvalue weighted by Crippen LogP contribution is -2.49. The molecule has 0 bridgehead atoms. The van der Waals surface area contributed by atoms with E-state index in [4.69, 9.17) is 9.63 Å². The van der Waals surface area contributed by atoms with Crippen LogP contribution in [0.5, 0.6) is 5.75 Å². The Hall–Kier alpha value is -2.61. The van der Waals surface area contributed by atoms with Gasteiger partial charge in [-0.05, 0) is 49.8 Å². The average Bonchev–Trinajstić information content (AvgIpc) is 3.16. The molecule has 2 heterocycles. The number of hydrogen-bond acceptors (Lipinski definition) is 6. The molecule has 146 valence electrons. The van der Waals surface area contributed by atoms with Crippen LogP contribution in [-0.2, 0) is 19.4 Å². The Morgan fingerprint density at radius 2 is 2.07 bits per heavy atom. The Morgan fingerprint density at radius 3 is 2.81 bits per heavy atom. The van der Waals surface area contributed by atoms with E-state index in [0.717, 1.165) is 44.2 Å². The second-order valence-corrected chi connectivity index (χ2v) is 6.79. The van der Waals surface area contributed by atoms with E-state index in [0.29, 0.717) is 18.8 Å². The molecule has 3 rings (SSSR count). The minimum absolute atomic E-state index is 0.0590. The topological polar surface area (TPSA) is 112 Å². The van der Waals surface area contributed by atoms with Crippen molar-refractivity contribution in [2.75, 3.05) is 13.1 Å². The Kier molecular flexibility index (Phi) is 6.64. The third-order valence-corrected chi connectivity index (χ3v) is 4.86. The lowest BCUT2D eigenvalue weighted by molar-refractivity contribution is 0.146. The van der Waals surface area contributed by atoms with Crippen LogP contribution >= 0.6 is 0 Å². The molecule has 0 radical (unpaired) electrons. The number of phenolic OH excluding ortho intramolecular Hbond substituents is 1. The first kappa shape index (κ1) is 19.2. The maximum Gasteiger partial charge on any atom is 0.317 e. The van der Waals surface area contributed by atoms with E-state index < -0.39 is 0 Å². The van der Waals surface area contributed by atoms with Gasteiger partial charge in [0.05, 0.1) is 0 Å². The number of piperidine rings is 1. The van der Waals surface area contributed by atoms with E-state index in [2.05, 4.69) is 15.5 Å². The average molecular weight is 374 g/mol. The number of aromatic nitrogens is 2. The molecule has 0 spiro atoms. The highest BCUT2D eigenvalue weighted by molar-refractivity contribution is 5.74. The Balaban J connectivity index is 1.47. The van der Waals surface area contributed by atoms with Gasteiger partial charge in [-0.2, -0.15) is 4.98 Å². The molecule has 0 saturated carbocycles. The highest BCUT2D eigenvalue weighted by atomic mass is 16.5. The number of carbonyl (C=O) groups is 1. The van der Waals surface area contributed by atoms with Gasteiger partial charge < -0.3 is 25.0 Å². The summed E-state index contributed by atoms with van der Waals surface area (Å²) in [7, 11) is 0. The number of aromatic hydroxyl groups is 1. The van der Waals surface area contributed by atoms with Crippen molar-refractivity contribution in [3.8, 4) is 5.75 Å². The number of amides is 2. The lowest BCUT2D eigenvalue weighted by Gasteiger charge is -2.36. The molecular formula is C19H26N4O4. The van der Waals surface area contributed by atoms with Crippen molar-refractivity contribution in [1.82, 2.24) is 20.4 Å². The second-order valence-electron chi connectivity index (χ2n) is 6.79. The van der Waals surface area contributed by atoms with Gasteiger partial charge in [-0.1, -0.05) is 17.3 Å². The smallest absolute Gasteiger partial charge is 0.317 e. The third-order valence-electron chi connectivity index (χ3n) is 4.86. The molecule has 8 nitrogen and oxygen atoms in total. The number of rotatable bonds is 7. The molecule has 1 saturated heterocycles. The Labute approximate surface area is 158 Å². The number of urea groups is 1. The lowest BCUT2D eigenvalue weighted by atomic mass is 9.96. The SMILES string of the molecule is O=C(NCCc1noc(CO)n1)N1CCCC[C@@H]1CCc1ccc(O)cc1. The van der Waals surface area contributed by atoms with Crippen LogP contribution in [-0.4, -0.2) is 50.4 Å². The van der Waals surface area contributed by atoms with E-state index in [1.54, 1.807) is 12.1 Å². The standard InChI is InChI=1S/C19H26N4O4/c24-13-18-21-17(22-27-18)10-11-20-19(26)23-12-2-1-3-15(23)7-4-14-5-8-16(25)9-6-14/h5-6,8-9,15,24-25H,1-4,7,10-13H2,(H,20,26)/t15-/m1/s1. The predicted octanol–water partition coefficient (Wildman–Crippen LogP) is 2.01. The normalized spacial score (nSPS) is 17.1. The van der Waals surface area contributed by atoms with Gasteiger partial charge >= 0.3 is 6.03 Å². The van der Waals surface area contributed by atoms with Crippen LogP contribution in [0.3, 0.4) is 0 Å². The summed E-state index contributed by atoms with van der Waals surface area (Å²) in [6.07, 6.45) is 5.41. The number of benzene rings is 1. The largest absolute Gasteiger partial charge is 0.508 e. The molecule has 1 aromatic heterocycles. The summed E-state index contributed by atoms with van der Waals surface area (Å²) in [6.45, 7) is 0.906. The molecule has 1 aliphatic rings. The molecule has 3 N–H and O–H groups in total. The molecule has 0 aliphatic carbocycles. The van der Waals surface area contributed by atoms with Gasteiger partial charge in [-0.3, -0.25) is 0 Å². The highest BCUT2D eigenvalue weighted by Crippen LogP contribution is 2.22. The third kappa shape index (κ3) is 5.43. The van der Waals surface area contributed by atoms with Crippen LogP contribution in [0.1, 0.15) is 43.0 Å². The minimum atomic E-state index is -0.282. The molecule has 2 amide bonds. The van der Waals surface area contributed by atoms with Crippen LogP contribution in [0.15, 0.2) is 28.8 Å². The fourth-order valence-corrected chi connectivity index (χ4v) is 3.40. The molecular weight excluding hydrogens is 348 g/mol. The maximum atomic E-state index is 12.6. The minimum Gasteiger partial charge on any atom is -0.508 e. The zero-order chi connectivity index (χ0) is 19.1. The molecule has 0 unspecified atom stereocenters. The van der Waals surface area contributed by atoms with Crippen LogP contribution in [0.25, 0.3) is 0 Å². The van der Waals surface area contributed by atoms with Crippen molar-refractivity contribution in [2.24, 2.45) is 0 Å². The van der Waals surface area contributed by atoms with Crippen molar-refractivity contribution in [3.63, 3.8) is 0 Å². The van der Waals surface area contributed by atoms with Gasteiger partial charge in [0, 0.05) is 25.6 Å². The van der Waals surface area contributed by atoms with E-state index in [1.165, 1.54) is 0 Å². The van der Waals surface area contributed by atoms with Crippen LogP contribution in [0, 0.1) is 0 Å². The Morgan fingerprint density at radius 1 is 1.26 bits per heavy atom. The monoisotopic (exact) mass is 374 g/mol. The Bertz CT molecular complexity index is 732. The van der Waals surface area contributed by atoms with Gasteiger partial charge in [0.2, 0.25) is 0 Å². The van der Waals surface area contributed by atoms with E-state index in [1.807, 2.05) is 17.0 Å². The first-order valence-electron chi connectivity index (χ1n) is 9.40. The van der Waals surface area contributed by atoms with Gasteiger partial charge in [0.1, 0.15) is 12.4 Å². The molecule has 1 aliphatic heterocycles. The fourth-order valence-electron chi connectivity index (χ4n) is 3.40. The summed E-state index contributed by atoms with van der Waals surface area (Å²) in [5.74, 6) is 0.925. The number of aryl methyl sites for hydroxylation is 1. The van der Waals surface area contributed by atoms with Crippen molar-refractivity contribution >= 4 is 6.03 Å². The fraction of sp³-hybridized carbons (Fsp3) is 0.526. The van der Waals surface area contributed by atoms with E-state index in [9.17, 15) is 9.90 Å². The van der Waals surface area contributed by atoms with Crippen molar-refractivity contribution < 1.29 is 19.5 Å². The van der Waals surface area contributed by atoms with Gasteiger partial charge in [-0.25, -0.2) is 4.79 Å². The number of aliphatic hydroxyl groups is 1. The first-order chi connectivity index (χ1) is 13.2. The number of phenols is 1. The molecule has 1 atom stereocenters. The first-order valence-corrected chi connectivity index (χ1v) is 9.40. The molecule has 1 fully saturated rings.